The van der Waals surface area contributed by atoms with Gasteiger partial charge in [-0.05, 0) is 61.3 Å². The third-order valence-corrected chi connectivity index (χ3v) is 4.35. The number of ether oxygens (including phenoxy) is 1. The maximum atomic E-state index is 9.25. The second-order valence-electron chi connectivity index (χ2n) is 6.46. The molecule has 0 saturated heterocycles. The molecule has 0 spiro atoms. The average Bonchev–Trinajstić information content (AvgIpc) is 2.72. The highest BCUT2D eigenvalue weighted by Gasteiger charge is 2.19. The first-order chi connectivity index (χ1) is 11.7. The van der Waals surface area contributed by atoms with Gasteiger partial charge in [-0.15, -0.1) is 0 Å². The molecule has 0 amide bonds. The molecule has 0 unspecified atom stereocenters. The van der Waals surface area contributed by atoms with Gasteiger partial charge in [0.05, 0.1) is 0 Å². The molecular weight excluding hydrogens is 298 g/mol. The van der Waals surface area contributed by atoms with Crippen molar-refractivity contribution in [3.05, 3.63) is 70.8 Å². The van der Waals surface area contributed by atoms with Gasteiger partial charge < -0.3 is 14.7 Å². The highest BCUT2D eigenvalue weighted by Crippen LogP contribution is 2.37. The van der Waals surface area contributed by atoms with Crippen LogP contribution in [0, 0.1) is 0 Å². The van der Waals surface area contributed by atoms with E-state index in [1.807, 2.05) is 12.1 Å². The summed E-state index contributed by atoms with van der Waals surface area (Å²) < 4.78 is 6.05. The Kier molecular flexibility index (Phi) is 5.34. The molecule has 0 aromatic heterocycles. The molecular formula is C21H25NO2. The Hall–Kier alpha value is -2.10. The van der Waals surface area contributed by atoms with Crippen molar-refractivity contribution in [3.8, 4) is 5.75 Å². The highest BCUT2D eigenvalue weighted by molar-refractivity contribution is 5.85. The minimum absolute atomic E-state index is 0.163. The Labute approximate surface area is 144 Å². The van der Waals surface area contributed by atoms with Gasteiger partial charge in [-0.1, -0.05) is 36.4 Å². The lowest BCUT2D eigenvalue weighted by molar-refractivity contribution is 0.298. The van der Waals surface area contributed by atoms with Crippen molar-refractivity contribution < 1.29 is 9.84 Å². The number of rotatable bonds is 5. The molecule has 1 N–H and O–H groups in total. The van der Waals surface area contributed by atoms with Gasteiger partial charge in [0, 0.05) is 18.7 Å². The van der Waals surface area contributed by atoms with Crippen molar-refractivity contribution in [3.63, 3.8) is 0 Å². The van der Waals surface area contributed by atoms with E-state index >= 15 is 0 Å². The van der Waals surface area contributed by atoms with Crippen molar-refractivity contribution in [1.29, 1.82) is 0 Å². The van der Waals surface area contributed by atoms with Crippen LogP contribution in [-0.2, 0) is 13.0 Å². The van der Waals surface area contributed by atoms with E-state index in [9.17, 15) is 5.11 Å². The number of nitrogens with zero attached hydrogens (tertiary/aromatic N) is 1. The number of benzene rings is 2. The summed E-state index contributed by atoms with van der Waals surface area (Å²) in [4.78, 5) is 2.19. The molecule has 1 heterocycles. The third kappa shape index (κ3) is 3.69. The van der Waals surface area contributed by atoms with Crippen LogP contribution in [0.15, 0.2) is 48.5 Å². The fourth-order valence-electron chi connectivity index (χ4n) is 3.09. The summed E-state index contributed by atoms with van der Waals surface area (Å²) in [6.45, 7) is 1.77. The van der Waals surface area contributed by atoms with Crippen molar-refractivity contribution in [2.45, 2.75) is 19.4 Å². The largest absolute Gasteiger partial charge is 0.488 e. The van der Waals surface area contributed by atoms with Crippen LogP contribution in [0.4, 0.5) is 0 Å². The van der Waals surface area contributed by atoms with Crippen LogP contribution in [0.2, 0.25) is 0 Å². The summed E-state index contributed by atoms with van der Waals surface area (Å²) in [7, 11) is 4.19. The third-order valence-electron chi connectivity index (χ3n) is 4.35. The van der Waals surface area contributed by atoms with Gasteiger partial charge in [0.25, 0.3) is 0 Å². The van der Waals surface area contributed by atoms with Gasteiger partial charge in [0.2, 0.25) is 0 Å². The molecule has 0 saturated carbocycles. The number of aliphatic hydroxyl groups is 1. The molecule has 3 rings (SSSR count). The molecule has 1 aliphatic heterocycles. The lowest BCUT2D eigenvalue weighted by atomic mass is 9.92. The van der Waals surface area contributed by atoms with Crippen LogP contribution < -0.4 is 4.74 Å². The van der Waals surface area contributed by atoms with Gasteiger partial charge in [0.1, 0.15) is 12.4 Å². The monoisotopic (exact) mass is 323 g/mol. The molecule has 3 nitrogen and oxygen atoms in total. The number of hydrogen-bond donors (Lipinski definition) is 1. The quantitative estimate of drug-likeness (QED) is 0.914. The van der Waals surface area contributed by atoms with Crippen molar-refractivity contribution in [1.82, 2.24) is 4.90 Å². The molecule has 0 aliphatic carbocycles. The maximum absolute atomic E-state index is 9.25. The predicted molar refractivity (Wildman–Crippen MR) is 98.3 cm³/mol. The normalized spacial score (nSPS) is 14.9. The van der Waals surface area contributed by atoms with E-state index in [1.54, 1.807) is 0 Å². The van der Waals surface area contributed by atoms with E-state index < -0.39 is 0 Å². The van der Waals surface area contributed by atoms with Crippen LogP contribution >= 0.6 is 0 Å². The molecule has 0 atom stereocenters. The zero-order valence-electron chi connectivity index (χ0n) is 14.5. The first-order valence-electron chi connectivity index (χ1n) is 8.49. The van der Waals surface area contributed by atoms with Crippen LogP contribution in [0.25, 0.3) is 5.57 Å². The van der Waals surface area contributed by atoms with E-state index in [4.69, 9.17) is 4.74 Å². The Morgan fingerprint density at radius 3 is 2.75 bits per heavy atom. The second kappa shape index (κ2) is 7.65. The summed E-state index contributed by atoms with van der Waals surface area (Å²) in [5.41, 5.74) is 5.96. The molecule has 2 aromatic rings. The molecule has 0 bridgehead atoms. The molecule has 1 aliphatic rings. The van der Waals surface area contributed by atoms with Crippen LogP contribution in [0.3, 0.4) is 0 Å². The standard InChI is InChI=1S/C21H25NO2/c1-22(2)12-5-8-19-18-7-4-3-6-17(18)15-24-21-10-9-16(11-13-23)14-20(19)21/h3-4,6-10,14,23H,5,11-13,15H2,1-2H3/b19-8-. The molecule has 126 valence electrons. The van der Waals surface area contributed by atoms with Crippen molar-refractivity contribution >= 4 is 5.57 Å². The molecule has 0 fully saturated rings. The van der Waals surface area contributed by atoms with E-state index in [0.717, 1.165) is 29.8 Å². The SMILES string of the molecule is CN(C)CC/C=C1/c2ccccc2COc2ccc(CCO)cc21. The fraction of sp³-hybridized carbons (Fsp3) is 0.333. The zero-order valence-corrected chi connectivity index (χ0v) is 14.5. The Morgan fingerprint density at radius 1 is 1.12 bits per heavy atom. The van der Waals surface area contributed by atoms with Crippen molar-refractivity contribution in [2.75, 3.05) is 27.2 Å². The van der Waals surface area contributed by atoms with Crippen LogP contribution in [0.5, 0.6) is 5.75 Å². The van der Waals surface area contributed by atoms with Gasteiger partial charge in [-0.2, -0.15) is 0 Å². The van der Waals surface area contributed by atoms with Gasteiger partial charge in [0.15, 0.2) is 0 Å². The first-order valence-corrected chi connectivity index (χ1v) is 8.49. The van der Waals surface area contributed by atoms with E-state index in [0.29, 0.717) is 13.0 Å². The number of fused-ring (bicyclic) bond motifs is 2. The Balaban J connectivity index is 2.07. The molecule has 24 heavy (non-hydrogen) atoms. The molecule has 0 radical (unpaired) electrons. The van der Waals surface area contributed by atoms with E-state index in [1.165, 1.54) is 16.7 Å². The fourth-order valence-corrected chi connectivity index (χ4v) is 3.09. The second-order valence-corrected chi connectivity index (χ2v) is 6.46. The molecule has 3 heteroatoms. The average molecular weight is 323 g/mol. The minimum atomic E-state index is 0.163. The predicted octanol–water partition coefficient (Wildman–Crippen LogP) is 3.50. The van der Waals surface area contributed by atoms with Gasteiger partial charge in [-0.3, -0.25) is 0 Å². The Bertz CT molecular complexity index is 734. The van der Waals surface area contributed by atoms with Gasteiger partial charge in [-0.25, -0.2) is 0 Å². The van der Waals surface area contributed by atoms with E-state index in [2.05, 4.69) is 55.4 Å². The first kappa shape index (κ1) is 16.7. The molecule has 2 aromatic carbocycles. The number of hydrogen-bond acceptors (Lipinski definition) is 3. The van der Waals surface area contributed by atoms with Gasteiger partial charge >= 0.3 is 0 Å². The van der Waals surface area contributed by atoms with E-state index in [-0.39, 0.29) is 6.61 Å². The van der Waals surface area contributed by atoms with Crippen LogP contribution in [-0.4, -0.2) is 37.3 Å². The summed E-state index contributed by atoms with van der Waals surface area (Å²) in [6, 6.07) is 14.7. The zero-order chi connectivity index (χ0) is 16.9. The summed E-state index contributed by atoms with van der Waals surface area (Å²) in [6.07, 6.45) is 3.97. The summed E-state index contributed by atoms with van der Waals surface area (Å²) >= 11 is 0. The summed E-state index contributed by atoms with van der Waals surface area (Å²) in [5, 5.41) is 9.25. The summed E-state index contributed by atoms with van der Waals surface area (Å²) in [5.74, 6) is 0.920. The maximum Gasteiger partial charge on any atom is 0.127 e. The smallest absolute Gasteiger partial charge is 0.127 e. The van der Waals surface area contributed by atoms with Crippen molar-refractivity contribution in [2.24, 2.45) is 0 Å². The van der Waals surface area contributed by atoms with Crippen LogP contribution in [0.1, 0.15) is 28.7 Å². The topological polar surface area (TPSA) is 32.7 Å². The Morgan fingerprint density at radius 2 is 1.96 bits per heavy atom. The lowest BCUT2D eigenvalue weighted by Gasteiger charge is -2.13. The highest BCUT2D eigenvalue weighted by atomic mass is 16.5. The lowest BCUT2D eigenvalue weighted by Crippen LogP contribution is -2.12. The minimum Gasteiger partial charge on any atom is -0.488 e. The number of aliphatic hydroxyl groups excluding tert-OH is 1.